The van der Waals surface area contributed by atoms with Crippen molar-refractivity contribution >= 4 is 17.3 Å². The molecule has 0 saturated carbocycles. The number of hydrogen-bond donors (Lipinski definition) is 1. The quantitative estimate of drug-likeness (QED) is 0.638. The molecule has 1 unspecified atom stereocenters. The molecule has 7 heteroatoms. The van der Waals surface area contributed by atoms with Gasteiger partial charge in [-0.05, 0) is 13.0 Å². The fourth-order valence-electron chi connectivity index (χ4n) is 2.36. The van der Waals surface area contributed by atoms with Crippen LogP contribution in [-0.2, 0) is 4.79 Å². The van der Waals surface area contributed by atoms with Gasteiger partial charge in [-0.1, -0.05) is 6.92 Å². The van der Waals surface area contributed by atoms with Gasteiger partial charge in [0.05, 0.1) is 17.4 Å². The summed E-state index contributed by atoms with van der Waals surface area (Å²) in [5.41, 5.74) is 0.759. The molecule has 114 valence electrons. The molecule has 0 radical (unpaired) electrons. The smallest absolute Gasteiger partial charge is 0.311 e. The molecule has 0 aliphatic carbocycles. The van der Waals surface area contributed by atoms with Crippen molar-refractivity contribution in [3.8, 4) is 5.75 Å². The number of rotatable bonds is 6. The highest BCUT2D eigenvalue weighted by atomic mass is 16.6. The van der Waals surface area contributed by atoms with E-state index in [4.69, 9.17) is 9.84 Å². The Labute approximate surface area is 122 Å². The predicted molar refractivity (Wildman–Crippen MR) is 76.8 cm³/mol. The van der Waals surface area contributed by atoms with Gasteiger partial charge in [-0.2, -0.15) is 0 Å². The van der Waals surface area contributed by atoms with Crippen LogP contribution in [0.25, 0.3) is 0 Å². The van der Waals surface area contributed by atoms with Crippen molar-refractivity contribution in [3.05, 3.63) is 28.3 Å². The largest absolute Gasteiger partial charge is 0.487 e. The fourth-order valence-corrected chi connectivity index (χ4v) is 2.36. The monoisotopic (exact) mass is 294 g/mol. The van der Waals surface area contributed by atoms with Gasteiger partial charge in [0.15, 0.2) is 5.75 Å². The number of carbonyl (C=O) groups is 1. The summed E-state index contributed by atoms with van der Waals surface area (Å²) in [5, 5.41) is 19.9. The van der Waals surface area contributed by atoms with Crippen molar-refractivity contribution in [1.29, 1.82) is 0 Å². The summed E-state index contributed by atoms with van der Waals surface area (Å²) in [5.74, 6) is -0.827. The molecule has 1 heterocycles. The zero-order valence-corrected chi connectivity index (χ0v) is 12.0. The Morgan fingerprint density at radius 2 is 2.24 bits per heavy atom. The zero-order chi connectivity index (χ0) is 15.6. The van der Waals surface area contributed by atoms with Crippen molar-refractivity contribution in [2.75, 3.05) is 24.6 Å². The molecule has 1 aliphatic heterocycles. The molecule has 1 fully saturated rings. The number of benzene rings is 1. The first-order valence-electron chi connectivity index (χ1n) is 6.83. The third kappa shape index (κ3) is 3.07. The summed E-state index contributed by atoms with van der Waals surface area (Å²) in [6.07, 6.45) is 0. The number of aliphatic carboxylic acids is 1. The Morgan fingerprint density at radius 3 is 2.76 bits per heavy atom. The van der Waals surface area contributed by atoms with Crippen molar-refractivity contribution in [2.45, 2.75) is 13.8 Å². The van der Waals surface area contributed by atoms with E-state index in [0.717, 1.165) is 5.69 Å². The Hall–Kier alpha value is -2.31. The first kappa shape index (κ1) is 15.1. The molecule has 21 heavy (non-hydrogen) atoms. The molecule has 2 rings (SSSR count). The minimum atomic E-state index is -0.793. The van der Waals surface area contributed by atoms with Crippen LogP contribution < -0.4 is 9.64 Å². The maximum Gasteiger partial charge on any atom is 0.311 e. The summed E-state index contributed by atoms with van der Waals surface area (Å²) >= 11 is 0. The highest BCUT2D eigenvalue weighted by Crippen LogP contribution is 2.35. The van der Waals surface area contributed by atoms with Crippen LogP contribution in [0.5, 0.6) is 5.75 Å². The van der Waals surface area contributed by atoms with Gasteiger partial charge in [-0.15, -0.1) is 0 Å². The number of carboxylic acids is 1. The molecule has 1 aromatic rings. The highest BCUT2D eigenvalue weighted by Gasteiger charge is 2.35. The van der Waals surface area contributed by atoms with Gasteiger partial charge < -0.3 is 14.7 Å². The Kier molecular flexibility index (Phi) is 4.30. The minimum Gasteiger partial charge on any atom is -0.487 e. The number of anilines is 1. The van der Waals surface area contributed by atoms with E-state index >= 15 is 0 Å². The van der Waals surface area contributed by atoms with E-state index in [1.807, 2.05) is 4.90 Å². The third-order valence-corrected chi connectivity index (χ3v) is 3.81. The first-order valence-corrected chi connectivity index (χ1v) is 6.83. The summed E-state index contributed by atoms with van der Waals surface area (Å²) < 4.78 is 5.31. The zero-order valence-electron chi connectivity index (χ0n) is 12.0. The van der Waals surface area contributed by atoms with Gasteiger partial charge in [0.1, 0.15) is 0 Å². The molecule has 1 N–H and O–H groups in total. The molecule has 0 amide bonds. The summed E-state index contributed by atoms with van der Waals surface area (Å²) in [7, 11) is 0. The van der Waals surface area contributed by atoms with Crippen LogP contribution in [0.1, 0.15) is 13.8 Å². The number of carboxylic acid groups (broad SMARTS) is 1. The second-order valence-corrected chi connectivity index (χ2v) is 5.13. The van der Waals surface area contributed by atoms with Gasteiger partial charge in [0, 0.05) is 36.8 Å². The molecule has 0 bridgehead atoms. The van der Waals surface area contributed by atoms with E-state index in [-0.39, 0.29) is 23.3 Å². The number of nitrogens with zero attached hydrogens (tertiary/aromatic N) is 2. The lowest BCUT2D eigenvalue weighted by molar-refractivity contribution is -0.385. The average Bonchev–Trinajstić information content (AvgIpc) is 2.37. The lowest BCUT2D eigenvalue weighted by atomic mass is 9.86. The predicted octanol–water partition coefficient (Wildman–Crippen LogP) is 2.15. The van der Waals surface area contributed by atoms with Crippen molar-refractivity contribution in [1.82, 2.24) is 0 Å². The topological polar surface area (TPSA) is 92.9 Å². The SMILES string of the molecule is CCOc1cc(N2CC(C(C)C(=O)O)C2)ccc1[N+](=O)[O-]. The van der Waals surface area contributed by atoms with Crippen LogP contribution >= 0.6 is 0 Å². The van der Waals surface area contributed by atoms with E-state index in [9.17, 15) is 14.9 Å². The number of nitro benzene ring substituents is 1. The van der Waals surface area contributed by atoms with Gasteiger partial charge in [-0.3, -0.25) is 14.9 Å². The van der Waals surface area contributed by atoms with Gasteiger partial charge in [-0.25, -0.2) is 0 Å². The maximum atomic E-state index is 10.9. The van der Waals surface area contributed by atoms with Crippen LogP contribution in [0.15, 0.2) is 18.2 Å². The van der Waals surface area contributed by atoms with Crippen molar-refractivity contribution in [3.63, 3.8) is 0 Å². The first-order chi connectivity index (χ1) is 9.93. The second-order valence-electron chi connectivity index (χ2n) is 5.13. The summed E-state index contributed by atoms with van der Waals surface area (Å²) in [6, 6.07) is 4.74. The standard InChI is InChI=1S/C14H18N2O5/c1-3-21-13-6-11(4-5-12(13)16(19)20)15-7-10(8-15)9(2)14(17)18/h4-6,9-10H,3,7-8H2,1-2H3,(H,17,18). The molecule has 1 saturated heterocycles. The van der Waals surface area contributed by atoms with Gasteiger partial charge >= 0.3 is 11.7 Å². The number of hydrogen-bond acceptors (Lipinski definition) is 5. The summed E-state index contributed by atoms with van der Waals surface area (Å²) in [6.45, 7) is 5.09. The molecule has 1 atom stereocenters. The maximum absolute atomic E-state index is 10.9. The van der Waals surface area contributed by atoms with E-state index in [1.54, 1.807) is 26.0 Å². The highest BCUT2D eigenvalue weighted by molar-refractivity contribution is 5.71. The molecule has 1 aliphatic rings. The lowest BCUT2D eigenvalue weighted by Crippen LogP contribution is -2.51. The Morgan fingerprint density at radius 1 is 1.57 bits per heavy atom. The number of ether oxygens (including phenoxy) is 1. The average molecular weight is 294 g/mol. The van der Waals surface area contributed by atoms with Crippen LogP contribution in [0, 0.1) is 22.0 Å². The van der Waals surface area contributed by atoms with E-state index in [1.165, 1.54) is 6.07 Å². The number of nitro groups is 1. The third-order valence-electron chi connectivity index (χ3n) is 3.81. The Balaban J connectivity index is 2.11. The van der Waals surface area contributed by atoms with E-state index < -0.39 is 10.9 Å². The molecular formula is C14H18N2O5. The summed E-state index contributed by atoms with van der Waals surface area (Å²) in [4.78, 5) is 23.4. The molecule has 7 nitrogen and oxygen atoms in total. The van der Waals surface area contributed by atoms with Crippen LogP contribution in [0.4, 0.5) is 11.4 Å². The Bertz CT molecular complexity index is 554. The normalized spacial score (nSPS) is 16.2. The fraction of sp³-hybridized carbons (Fsp3) is 0.500. The van der Waals surface area contributed by atoms with Crippen LogP contribution in [0.3, 0.4) is 0 Å². The molecule has 1 aromatic carbocycles. The van der Waals surface area contributed by atoms with E-state index in [2.05, 4.69) is 0 Å². The molecular weight excluding hydrogens is 276 g/mol. The minimum absolute atomic E-state index is 0.0587. The van der Waals surface area contributed by atoms with Gasteiger partial charge in [0.2, 0.25) is 0 Å². The van der Waals surface area contributed by atoms with E-state index in [0.29, 0.717) is 19.7 Å². The second kappa shape index (κ2) is 5.99. The van der Waals surface area contributed by atoms with Crippen molar-refractivity contribution in [2.24, 2.45) is 11.8 Å². The van der Waals surface area contributed by atoms with Crippen LogP contribution in [0.2, 0.25) is 0 Å². The van der Waals surface area contributed by atoms with Gasteiger partial charge in [0.25, 0.3) is 0 Å². The van der Waals surface area contributed by atoms with Crippen molar-refractivity contribution < 1.29 is 19.6 Å². The lowest BCUT2D eigenvalue weighted by Gasteiger charge is -2.43. The van der Waals surface area contributed by atoms with Crippen LogP contribution in [-0.4, -0.2) is 35.7 Å². The molecule has 0 aromatic heterocycles. The molecule has 0 spiro atoms.